The number of hydrogen-bond acceptors (Lipinski definition) is 3. The molecule has 0 aliphatic rings. The number of carbonyl (C=O) groups excluding carboxylic acids is 1. The van der Waals surface area contributed by atoms with Crippen LogP contribution in [0.2, 0.25) is 5.02 Å². The van der Waals surface area contributed by atoms with E-state index in [2.05, 4.69) is 9.72 Å². The van der Waals surface area contributed by atoms with Gasteiger partial charge in [0.25, 0.3) is 0 Å². The Balaban J connectivity index is 2.80. The van der Waals surface area contributed by atoms with Crippen molar-refractivity contribution < 1.29 is 9.53 Å². The molecule has 68 valence electrons. The Kier molecular flexibility index (Phi) is 3.46. The van der Waals surface area contributed by atoms with Crippen LogP contribution in [0, 0.1) is 0 Å². The molecule has 0 unspecified atom stereocenters. The first-order valence-corrected chi connectivity index (χ1v) is 3.97. The van der Waals surface area contributed by atoms with E-state index in [0.717, 1.165) is 0 Å². The second-order valence-electron chi connectivity index (χ2n) is 2.25. The SMILES string of the molecule is COC(=O)C=Cc1cnccc1Cl. The topological polar surface area (TPSA) is 39.2 Å². The van der Waals surface area contributed by atoms with Crippen LogP contribution in [0.1, 0.15) is 5.56 Å². The molecule has 0 saturated carbocycles. The minimum atomic E-state index is -0.417. The molecule has 0 radical (unpaired) electrons. The van der Waals surface area contributed by atoms with Crippen LogP contribution in [0.4, 0.5) is 0 Å². The molecule has 1 heterocycles. The van der Waals surface area contributed by atoms with Crippen LogP contribution in [0.15, 0.2) is 24.5 Å². The van der Waals surface area contributed by atoms with Crippen LogP contribution in [0.3, 0.4) is 0 Å². The van der Waals surface area contributed by atoms with E-state index in [4.69, 9.17) is 11.6 Å². The second kappa shape index (κ2) is 4.62. The Morgan fingerprint density at radius 3 is 3.08 bits per heavy atom. The largest absolute Gasteiger partial charge is 0.466 e. The average Bonchev–Trinajstić information content (AvgIpc) is 2.16. The summed E-state index contributed by atoms with van der Waals surface area (Å²) in [6.45, 7) is 0. The maximum atomic E-state index is 10.7. The van der Waals surface area contributed by atoms with Gasteiger partial charge >= 0.3 is 5.97 Å². The summed E-state index contributed by atoms with van der Waals surface area (Å²) in [5.74, 6) is -0.417. The Bertz CT molecular complexity index is 336. The first-order chi connectivity index (χ1) is 6.24. The molecular weight excluding hydrogens is 190 g/mol. The monoisotopic (exact) mass is 197 g/mol. The summed E-state index contributed by atoms with van der Waals surface area (Å²) >= 11 is 5.81. The molecule has 0 aliphatic heterocycles. The van der Waals surface area contributed by atoms with Gasteiger partial charge in [-0.05, 0) is 12.1 Å². The molecule has 0 atom stereocenters. The highest BCUT2D eigenvalue weighted by molar-refractivity contribution is 6.32. The molecule has 1 rings (SSSR count). The van der Waals surface area contributed by atoms with Crippen molar-refractivity contribution in [3.05, 3.63) is 35.1 Å². The standard InChI is InChI=1S/C9H8ClNO2/c1-13-9(12)3-2-7-6-11-5-4-8(7)10/h2-6H,1H3. The van der Waals surface area contributed by atoms with Crippen LogP contribution < -0.4 is 0 Å². The summed E-state index contributed by atoms with van der Waals surface area (Å²) in [5.41, 5.74) is 0.689. The number of esters is 1. The predicted octanol–water partition coefficient (Wildman–Crippen LogP) is 1.92. The van der Waals surface area contributed by atoms with Gasteiger partial charge in [-0.2, -0.15) is 0 Å². The van der Waals surface area contributed by atoms with Crippen molar-refractivity contribution in [1.82, 2.24) is 4.98 Å². The minimum Gasteiger partial charge on any atom is -0.466 e. The molecule has 0 saturated heterocycles. The van der Waals surface area contributed by atoms with Crippen LogP contribution in [0.5, 0.6) is 0 Å². The molecule has 0 aromatic carbocycles. The van der Waals surface area contributed by atoms with Crippen molar-refractivity contribution in [2.75, 3.05) is 7.11 Å². The van der Waals surface area contributed by atoms with Gasteiger partial charge in [-0.1, -0.05) is 11.6 Å². The van der Waals surface area contributed by atoms with Crippen LogP contribution in [-0.2, 0) is 9.53 Å². The third-order valence-electron chi connectivity index (χ3n) is 1.40. The van der Waals surface area contributed by atoms with E-state index >= 15 is 0 Å². The quantitative estimate of drug-likeness (QED) is 0.537. The molecule has 4 heteroatoms. The van der Waals surface area contributed by atoms with Gasteiger partial charge in [-0.15, -0.1) is 0 Å². The van der Waals surface area contributed by atoms with Gasteiger partial charge in [0.05, 0.1) is 12.1 Å². The molecular formula is C9H8ClNO2. The van der Waals surface area contributed by atoms with E-state index < -0.39 is 5.97 Å². The van der Waals surface area contributed by atoms with Gasteiger partial charge in [0.1, 0.15) is 0 Å². The summed E-state index contributed by atoms with van der Waals surface area (Å²) in [4.78, 5) is 14.6. The zero-order chi connectivity index (χ0) is 9.68. The van der Waals surface area contributed by atoms with Crippen LogP contribution in [-0.4, -0.2) is 18.1 Å². The lowest BCUT2D eigenvalue weighted by Gasteiger charge is -1.94. The summed E-state index contributed by atoms with van der Waals surface area (Å²) in [6.07, 6.45) is 6.00. The summed E-state index contributed by atoms with van der Waals surface area (Å²) < 4.78 is 4.42. The van der Waals surface area contributed by atoms with Gasteiger partial charge in [-0.3, -0.25) is 4.98 Å². The number of hydrogen-bond donors (Lipinski definition) is 0. The number of rotatable bonds is 2. The molecule has 3 nitrogen and oxygen atoms in total. The fourth-order valence-corrected chi connectivity index (χ4v) is 0.906. The Hall–Kier alpha value is -1.35. The van der Waals surface area contributed by atoms with Gasteiger partial charge < -0.3 is 4.74 Å². The van der Waals surface area contributed by atoms with E-state index in [9.17, 15) is 4.79 Å². The highest BCUT2D eigenvalue weighted by atomic mass is 35.5. The molecule has 13 heavy (non-hydrogen) atoms. The van der Waals surface area contributed by atoms with Crippen molar-refractivity contribution in [2.45, 2.75) is 0 Å². The maximum Gasteiger partial charge on any atom is 0.330 e. The lowest BCUT2D eigenvalue weighted by Crippen LogP contribution is -1.93. The van der Waals surface area contributed by atoms with E-state index in [-0.39, 0.29) is 0 Å². The lowest BCUT2D eigenvalue weighted by atomic mass is 10.2. The Morgan fingerprint density at radius 1 is 1.69 bits per heavy atom. The van der Waals surface area contributed by atoms with E-state index in [1.165, 1.54) is 13.2 Å². The van der Waals surface area contributed by atoms with Crippen molar-refractivity contribution >= 4 is 23.6 Å². The average molecular weight is 198 g/mol. The number of pyridine rings is 1. The molecule has 0 fully saturated rings. The fraction of sp³-hybridized carbons (Fsp3) is 0.111. The third kappa shape index (κ3) is 2.87. The first kappa shape index (κ1) is 9.74. The number of methoxy groups -OCH3 is 1. The molecule has 1 aromatic heterocycles. The van der Waals surface area contributed by atoms with E-state index in [1.807, 2.05) is 0 Å². The summed E-state index contributed by atoms with van der Waals surface area (Å²) in [7, 11) is 1.32. The second-order valence-corrected chi connectivity index (χ2v) is 2.66. The highest BCUT2D eigenvalue weighted by Crippen LogP contribution is 2.14. The number of halogens is 1. The van der Waals surface area contributed by atoms with Gasteiger partial charge in [0, 0.05) is 24.0 Å². The predicted molar refractivity (Wildman–Crippen MR) is 50.3 cm³/mol. The van der Waals surface area contributed by atoms with Crippen molar-refractivity contribution in [2.24, 2.45) is 0 Å². The maximum absolute atomic E-state index is 10.7. The molecule has 0 spiro atoms. The normalized spacial score (nSPS) is 10.3. The van der Waals surface area contributed by atoms with Crippen molar-refractivity contribution in [1.29, 1.82) is 0 Å². The number of aromatic nitrogens is 1. The van der Waals surface area contributed by atoms with E-state index in [0.29, 0.717) is 10.6 Å². The summed E-state index contributed by atoms with van der Waals surface area (Å²) in [5, 5.41) is 0.551. The highest BCUT2D eigenvalue weighted by Gasteiger charge is 1.96. The first-order valence-electron chi connectivity index (χ1n) is 3.59. The van der Waals surface area contributed by atoms with Crippen molar-refractivity contribution in [3.8, 4) is 0 Å². The third-order valence-corrected chi connectivity index (χ3v) is 1.74. The van der Waals surface area contributed by atoms with Gasteiger partial charge in [0.2, 0.25) is 0 Å². The lowest BCUT2D eigenvalue weighted by molar-refractivity contribution is -0.134. The van der Waals surface area contributed by atoms with Crippen molar-refractivity contribution in [3.63, 3.8) is 0 Å². The smallest absolute Gasteiger partial charge is 0.330 e. The summed E-state index contributed by atoms with van der Waals surface area (Å²) in [6, 6.07) is 1.65. The zero-order valence-electron chi connectivity index (χ0n) is 7.03. The van der Waals surface area contributed by atoms with E-state index in [1.54, 1.807) is 24.5 Å². The van der Waals surface area contributed by atoms with Crippen LogP contribution in [0.25, 0.3) is 6.08 Å². The molecule has 0 bridgehead atoms. The Morgan fingerprint density at radius 2 is 2.46 bits per heavy atom. The van der Waals surface area contributed by atoms with Gasteiger partial charge in [0.15, 0.2) is 0 Å². The molecule has 0 amide bonds. The zero-order valence-corrected chi connectivity index (χ0v) is 7.78. The number of nitrogens with zero attached hydrogens (tertiary/aromatic N) is 1. The molecule has 0 N–H and O–H groups in total. The molecule has 1 aromatic rings. The minimum absolute atomic E-state index is 0.417. The fourth-order valence-electron chi connectivity index (χ4n) is 0.738. The van der Waals surface area contributed by atoms with Gasteiger partial charge in [-0.25, -0.2) is 4.79 Å². The van der Waals surface area contributed by atoms with Crippen LogP contribution >= 0.6 is 11.6 Å². The Labute approximate surface area is 81.0 Å². The number of ether oxygens (including phenoxy) is 1. The number of carbonyl (C=O) groups is 1. The molecule has 0 aliphatic carbocycles.